The first-order chi connectivity index (χ1) is 8.87. The van der Waals surface area contributed by atoms with E-state index in [9.17, 15) is 22.0 Å². The van der Waals surface area contributed by atoms with Crippen LogP contribution < -0.4 is 10.0 Å². The molecule has 1 aromatic carbocycles. The average molecular weight is 292 g/mol. The molecule has 0 unspecified atom stereocenters. The Bertz CT molecular complexity index is 561. The van der Waals surface area contributed by atoms with Crippen LogP contribution in [-0.2, 0) is 10.0 Å². The fraction of sp³-hybridized carbons (Fsp3) is 0.364. The predicted octanol–water partition coefficient (Wildman–Crippen LogP) is 0.634. The van der Waals surface area contributed by atoms with Gasteiger partial charge in [0.05, 0.1) is 11.3 Å². The number of hydrogen-bond donors (Lipinski definition) is 2. The summed E-state index contributed by atoms with van der Waals surface area (Å²) in [5.74, 6) is -3.57. The van der Waals surface area contributed by atoms with E-state index in [1.807, 2.05) is 0 Å². The van der Waals surface area contributed by atoms with E-state index in [1.54, 1.807) is 6.92 Å². The van der Waals surface area contributed by atoms with Crippen molar-refractivity contribution < 1.29 is 22.0 Å². The van der Waals surface area contributed by atoms with Gasteiger partial charge in [0.15, 0.2) is 11.6 Å². The van der Waals surface area contributed by atoms with Crippen molar-refractivity contribution in [2.75, 3.05) is 18.8 Å². The molecular formula is C11H14F2N2O3S. The summed E-state index contributed by atoms with van der Waals surface area (Å²) in [6.45, 7) is 1.68. The van der Waals surface area contributed by atoms with Crippen LogP contribution in [0.3, 0.4) is 0 Å². The summed E-state index contributed by atoms with van der Waals surface area (Å²) in [7, 11) is -3.46. The van der Waals surface area contributed by atoms with Crippen molar-refractivity contribution in [3.8, 4) is 0 Å². The number of rotatable bonds is 6. The Hall–Kier alpha value is -1.54. The molecule has 0 aliphatic heterocycles. The van der Waals surface area contributed by atoms with E-state index in [-0.39, 0.29) is 18.8 Å². The second kappa shape index (κ2) is 6.58. The van der Waals surface area contributed by atoms with Crippen molar-refractivity contribution in [2.45, 2.75) is 6.92 Å². The SMILES string of the molecule is CCNS(=O)(=O)CCNC(=O)c1cccc(F)c1F. The first-order valence-corrected chi connectivity index (χ1v) is 7.22. The predicted molar refractivity (Wildman–Crippen MR) is 66.2 cm³/mol. The van der Waals surface area contributed by atoms with Gasteiger partial charge in [-0.25, -0.2) is 21.9 Å². The summed E-state index contributed by atoms with van der Waals surface area (Å²) in [6, 6.07) is 3.21. The van der Waals surface area contributed by atoms with Crippen molar-refractivity contribution in [3.63, 3.8) is 0 Å². The van der Waals surface area contributed by atoms with Gasteiger partial charge in [-0.1, -0.05) is 13.0 Å². The highest BCUT2D eigenvalue weighted by Crippen LogP contribution is 2.10. The minimum atomic E-state index is -3.46. The van der Waals surface area contributed by atoms with Gasteiger partial charge in [-0.05, 0) is 12.1 Å². The van der Waals surface area contributed by atoms with E-state index in [4.69, 9.17) is 0 Å². The summed E-state index contributed by atoms with van der Waals surface area (Å²) < 4.78 is 50.9. The van der Waals surface area contributed by atoms with Crippen molar-refractivity contribution in [1.82, 2.24) is 10.0 Å². The largest absolute Gasteiger partial charge is 0.351 e. The highest BCUT2D eigenvalue weighted by Gasteiger charge is 2.15. The molecule has 0 spiro atoms. The van der Waals surface area contributed by atoms with Gasteiger partial charge in [0.2, 0.25) is 10.0 Å². The highest BCUT2D eigenvalue weighted by molar-refractivity contribution is 7.89. The Morgan fingerprint density at radius 2 is 2.00 bits per heavy atom. The molecule has 0 aliphatic carbocycles. The van der Waals surface area contributed by atoms with Gasteiger partial charge in [-0.3, -0.25) is 4.79 Å². The van der Waals surface area contributed by atoms with Gasteiger partial charge in [0.25, 0.3) is 5.91 Å². The third-order valence-corrected chi connectivity index (χ3v) is 3.69. The van der Waals surface area contributed by atoms with Crippen molar-refractivity contribution in [1.29, 1.82) is 0 Å². The maximum absolute atomic E-state index is 13.3. The summed E-state index contributed by atoms with van der Waals surface area (Å²) in [5, 5.41) is 2.22. The molecule has 1 amide bonds. The summed E-state index contributed by atoms with van der Waals surface area (Å²) in [4.78, 5) is 11.5. The Balaban J connectivity index is 2.60. The third kappa shape index (κ3) is 4.56. The zero-order chi connectivity index (χ0) is 14.5. The second-order valence-corrected chi connectivity index (χ2v) is 5.60. The number of sulfonamides is 1. The van der Waals surface area contributed by atoms with Gasteiger partial charge in [-0.2, -0.15) is 0 Å². The minimum absolute atomic E-state index is 0.190. The molecule has 8 heteroatoms. The van der Waals surface area contributed by atoms with Crippen LogP contribution in [0.5, 0.6) is 0 Å². The van der Waals surface area contributed by atoms with E-state index in [0.29, 0.717) is 0 Å². The lowest BCUT2D eigenvalue weighted by atomic mass is 10.2. The smallest absolute Gasteiger partial charge is 0.254 e. The topological polar surface area (TPSA) is 75.3 Å². The van der Waals surface area contributed by atoms with Crippen LogP contribution in [0.15, 0.2) is 18.2 Å². The maximum atomic E-state index is 13.3. The van der Waals surface area contributed by atoms with E-state index < -0.39 is 33.1 Å². The molecule has 106 valence electrons. The first kappa shape index (κ1) is 15.5. The fourth-order valence-electron chi connectivity index (χ4n) is 1.37. The summed E-state index contributed by atoms with van der Waals surface area (Å²) in [5.41, 5.74) is -0.458. The molecule has 1 rings (SSSR count). The van der Waals surface area contributed by atoms with Crippen LogP contribution in [-0.4, -0.2) is 33.2 Å². The van der Waals surface area contributed by atoms with Crippen LogP contribution in [0.25, 0.3) is 0 Å². The number of carbonyl (C=O) groups excluding carboxylic acids is 1. The molecule has 0 saturated heterocycles. The molecule has 5 nitrogen and oxygen atoms in total. The quantitative estimate of drug-likeness (QED) is 0.807. The molecule has 0 aromatic heterocycles. The number of nitrogens with one attached hydrogen (secondary N) is 2. The average Bonchev–Trinajstić information content (AvgIpc) is 2.32. The van der Waals surface area contributed by atoms with Gasteiger partial charge in [0.1, 0.15) is 0 Å². The lowest BCUT2D eigenvalue weighted by Gasteiger charge is -2.07. The molecular weight excluding hydrogens is 278 g/mol. The molecule has 0 radical (unpaired) electrons. The number of hydrogen-bond acceptors (Lipinski definition) is 3. The number of carbonyl (C=O) groups is 1. The molecule has 0 bridgehead atoms. The minimum Gasteiger partial charge on any atom is -0.351 e. The van der Waals surface area contributed by atoms with E-state index in [0.717, 1.165) is 12.1 Å². The van der Waals surface area contributed by atoms with Crippen molar-refractivity contribution in [2.24, 2.45) is 0 Å². The zero-order valence-electron chi connectivity index (χ0n) is 10.2. The molecule has 0 atom stereocenters. The Morgan fingerprint density at radius 1 is 1.32 bits per heavy atom. The Morgan fingerprint density at radius 3 is 2.63 bits per heavy atom. The van der Waals surface area contributed by atoms with Crippen LogP contribution in [0.4, 0.5) is 8.78 Å². The van der Waals surface area contributed by atoms with E-state index in [1.165, 1.54) is 6.07 Å². The van der Waals surface area contributed by atoms with E-state index in [2.05, 4.69) is 10.0 Å². The number of benzene rings is 1. The van der Waals surface area contributed by atoms with Crippen LogP contribution in [0.2, 0.25) is 0 Å². The van der Waals surface area contributed by atoms with Gasteiger partial charge in [-0.15, -0.1) is 0 Å². The molecule has 19 heavy (non-hydrogen) atoms. The molecule has 0 saturated carbocycles. The van der Waals surface area contributed by atoms with Crippen LogP contribution >= 0.6 is 0 Å². The van der Waals surface area contributed by atoms with Gasteiger partial charge < -0.3 is 5.32 Å². The zero-order valence-corrected chi connectivity index (χ0v) is 11.1. The number of halogens is 2. The highest BCUT2D eigenvalue weighted by atomic mass is 32.2. The lowest BCUT2D eigenvalue weighted by molar-refractivity contribution is 0.0951. The lowest BCUT2D eigenvalue weighted by Crippen LogP contribution is -2.34. The molecule has 2 N–H and O–H groups in total. The Kier molecular flexibility index (Phi) is 5.37. The van der Waals surface area contributed by atoms with Crippen molar-refractivity contribution >= 4 is 15.9 Å². The van der Waals surface area contributed by atoms with E-state index >= 15 is 0 Å². The maximum Gasteiger partial charge on any atom is 0.254 e. The van der Waals surface area contributed by atoms with Gasteiger partial charge in [0, 0.05) is 13.1 Å². The van der Waals surface area contributed by atoms with Crippen LogP contribution in [0, 0.1) is 11.6 Å². The molecule has 0 fully saturated rings. The molecule has 0 heterocycles. The molecule has 1 aromatic rings. The summed E-state index contributed by atoms with van der Waals surface area (Å²) >= 11 is 0. The van der Waals surface area contributed by atoms with Crippen molar-refractivity contribution in [3.05, 3.63) is 35.4 Å². The van der Waals surface area contributed by atoms with Gasteiger partial charge >= 0.3 is 0 Å². The normalized spacial score (nSPS) is 11.3. The standard InChI is InChI=1S/C11H14F2N2O3S/c1-2-15-19(17,18)7-6-14-11(16)8-4-3-5-9(12)10(8)13/h3-5,15H,2,6-7H2,1H3,(H,14,16). The third-order valence-electron chi connectivity index (χ3n) is 2.22. The first-order valence-electron chi connectivity index (χ1n) is 5.57. The molecule has 0 aliphatic rings. The number of amides is 1. The summed E-state index contributed by atoms with van der Waals surface area (Å²) in [6.07, 6.45) is 0. The monoisotopic (exact) mass is 292 g/mol. The Labute approximate surface area is 110 Å². The fourth-order valence-corrected chi connectivity index (χ4v) is 2.32. The van der Waals surface area contributed by atoms with Crippen LogP contribution in [0.1, 0.15) is 17.3 Å². The second-order valence-electron chi connectivity index (χ2n) is 3.67.